The second kappa shape index (κ2) is 9.34. The first kappa shape index (κ1) is 21.9. The lowest BCUT2D eigenvalue weighted by Crippen LogP contribution is -2.54. The monoisotopic (exact) mass is 437 g/mol. The van der Waals surface area contributed by atoms with Crippen LogP contribution in [0, 0.1) is 0 Å². The van der Waals surface area contributed by atoms with E-state index in [0.29, 0.717) is 5.69 Å². The van der Waals surface area contributed by atoms with Gasteiger partial charge < -0.3 is 25.6 Å². The predicted molar refractivity (Wildman–Crippen MR) is 106 cm³/mol. The summed E-state index contributed by atoms with van der Waals surface area (Å²) in [6.07, 6.45) is -5.90. The van der Waals surface area contributed by atoms with E-state index >= 15 is 0 Å². The SMILES string of the molecule is O=C(O)c1ccc(NC2=NC(OCC(F)(F)F)NC(=NCc3ccc(O)cc3)N2)cc1. The quantitative estimate of drug-likeness (QED) is 0.470. The van der Waals surface area contributed by atoms with Crippen LogP contribution in [0.5, 0.6) is 5.75 Å². The molecule has 1 unspecified atom stereocenters. The van der Waals surface area contributed by atoms with E-state index in [1.165, 1.54) is 36.4 Å². The number of alkyl halides is 3. The van der Waals surface area contributed by atoms with Crippen LogP contribution < -0.4 is 16.0 Å². The molecule has 0 spiro atoms. The molecule has 0 saturated heterocycles. The number of phenols is 1. The van der Waals surface area contributed by atoms with Crippen molar-refractivity contribution < 1.29 is 32.9 Å². The average Bonchev–Trinajstić information content (AvgIpc) is 2.72. The van der Waals surface area contributed by atoms with E-state index < -0.39 is 25.1 Å². The van der Waals surface area contributed by atoms with Crippen LogP contribution in [-0.2, 0) is 11.3 Å². The van der Waals surface area contributed by atoms with Gasteiger partial charge in [-0.2, -0.15) is 18.2 Å². The highest BCUT2D eigenvalue weighted by molar-refractivity contribution is 6.06. The number of nitrogens with zero attached hydrogens (tertiary/aromatic N) is 2. The van der Waals surface area contributed by atoms with Gasteiger partial charge in [-0.3, -0.25) is 5.32 Å². The van der Waals surface area contributed by atoms with Crippen LogP contribution in [-0.4, -0.2) is 47.2 Å². The number of guanidine groups is 2. The van der Waals surface area contributed by atoms with E-state index in [2.05, 4.69) is 25.9 Å². The van der Waals surface area contributed by atoms with Crippen molar-refractivity contribution >= 4 is 23.6 Å². The molecule has 0 saturated carbocycles. The Labute approximate surface area is 174 Å². The first-order valence-corrected chi connectivity index (χ1v) is 8.90. The van der Waals surface area contributed by atoms with Crippen molar-refractivity contribution in [3.05, 3.63) is 59.7 Å². The van der Waals surface area contributed by atoms with E-state index in [1.54, 1.807) is 12.1 Å². The maximum atomic E-state index is 12.5. The van der Waals surface area contributed by atoms with Crippen LogP contribution in [0.4, 0.5) is 18.9 Å². The van der Waals surface area contributed by atoms with Gasteiger partial charge in [0.15, 0.2) is 0 Å². The number of aromatic carboxylic acids is 1. The van der Waals surface area contributed by atoms with Crippen molar-refractivity contribution in [1.82, 2.24) is 10.6 Å². The lowest BCUT2D eigenvalue weighted by atomic mass is 10.2. The van der Waals surface area contributed by atoms with E-state index in [4.69, 9.17) is 9.84 Å². The highest BCUT2D eigenvalue weighted by atomic mass is 19.4. The fourth-order valence-electron chi connectivity index (χ4n) is 2.45. The van der Waals surface area contributed by atoms with Gasteiger partial charge in [-0.1, -0.05) is 12.1 Å². The molecule has 5 N–H and O–H groups in total. The lowest BCUT2D eigenvalue weighted by Gasteiger charge is -2.26. The van der Waals surface area contributed by atoms with Crippen molar-refractivity contribution in [2.24, 2.45) is 9.98 Å². The maximum absolute atomic E-state index is 12.5. The zero-order valence-electron chi connectivity index (χ0n) is 15.8. The molecule has 164 valence electrons. The summed E-state index contributed by atoms with van der Waals surface area (Å²) in [5.74, 6) is -0.829. The normalized spacial score (nSPS) is 17.5. The van der Waals surface area contributed by atoms with Crippen molar-refractivity contribution in [3.63, 3.8) is 0 Å². The molecule has 1 aliphatic heterocycles. The van der Waals surface area contributed by atoms with Crippen molar-refractivity contribution in [2.45, 2.75) is 19.1 Å². The van der Waals surface area contributed by atoms with Crippen LogP contribution >= 0.6 is 0 Å². The summed E-state index contributed by atoms with van der Waals surface area (Å²) in [4.78, 5) is 19.2. The minimum atomic E-state index is -4.54. The summed E-state index contributed by atoms with van der Waals surface area (Å²) < 4.78 is 42.3. The first-order valence-electron chi connectivity index (χ1n) is 8.90. The minimum Gasteiger partial charge on any atom is -0.508 e. The number of carboxylic acid groups (broad SMARTS) is 1. The van der Waals surface area contributed by atoms with Crippen LogP contribution in [0.2, 0.25) is 0 Å². The van der Waals surface area contributed by atoms with Crippen LogP contribution in [0.1, 0.15) is 15.9 Å². The smallest absolute Gasteiger partial charge is 0.411 e. The van der Waals surface area contributed by atoms with Gasteiger partial charge in [0.05, 0.1) is 12.1 Å². The number of phenolic OH excluding ortho intramolecular Hbond substituents is 1. The van der Waals surface area contributed by atoms with E-state index in [9.17, 15) is 23.1 Å². The van der Waals surface area contributed by atoms with Crippen LogP contribution in [0.25, 0.3) is 0 Å². The number of aromatic hydroxyl groups is 1. The molecule has 1 aliphatic rings. The molecule has 0 aromatic heterocycles. The highest BCUT2D eigenvalue weighted by Gasteiger charge is 2.30. The Balaban J connectivity index is 1.74. The Bertz CT molecular complexity index is 976. The minimum absolute atomic E-state index is 0.0541. The Morgan fingerprint density at radius 1 is 1.16 bits per heavy atom. The summed E-state index contributed by atoms with van der Waals surface area (Å²) in [5, 5.41) is 26.5. The predicted octanol–water partition coefficient (Wildman–Crippen LogP) is 2.47. The molecule has 1 heterocycles. The fraction of sp³-hybridized carbons (Fsp3) is 0.211. The number of carboxylic acids is 1. The number of anilines is 1. The van der Waals surface area contributed by atoms with Crippen LogP contribution in [0.3, 0.4) is 0 Å². The van der Waals surface area contributed by atoms with Gasteiger partial charge in [0.2, 0.25) is 18.3 Å². The molecule has 3 rings (SSSR count). The van der Waals surface area contributed by atoms with Crippen LogP contribution in [0.15, 0.2) is 58.5 Å². The van der Waals surface area contributed by atoms with E-state index in [-0.39, 0.29) is 29.8 Å². The summed E-state index contributed by atoms with van der Waals surface area (Å²) in [6, 6.07) is 12.0. The molecule has 0 fully saturated rings. The zero-order chi connectivity index (χ0) is 22.4. The number of aliphatic imine (C=N–C) groups is 2. The Morgan fingerprint density at radius 2 is 1.84 bits per heavy atom. The molecular weight excluding hydrogens is 419 g/mol. The molecule has 0 aliphatic carbocycles. The second-order valence-electron chi connectivity index (χ2n) is 6.36. The molecule has 1 atom stereocenters. The molecule has 0 radical (unpaired) electrons. The summed E-state index contributed by atoms with van der Waals surface area (Å²) in [7, 11) is 0. The number of rotatable bonds is 6. The zero-order valence-corrected chi connectivity index (χ0v) is 15.8. The molecule has 2 aromatic rings. The topological polar surface area (TPSA) is 128 Å². The average molecular weight is 437 g/mol. The van der Waals surface area contributed by atoms with Crippen molar-refractivity contribution in [3.8, 4) is 5.75 Å². The largest absolute Gasteiger partial charge is 0.508 e. The summed E-state index contributed by atoms with van der Waals surface area (Å²) in [6.45, 7) is -1.35. The number of nitrogens with one attached hydrogen (secondary N) is 3. The van der Waals surface area contributed by atoms with Gasteiger partial charge >= 0.3 is 12.1 Å². The van der Waals surface area contributed by atoms with E-state index in [1.807, 2.05) is 0 Å². The van der Waals surface area contributed by atoms with Gasteiger partial charge in [0.25, 0.3) is 0 Å². The fourth-order valence-corrected chi connectivity index (χ4v) is 2.45. The standard InChI is InChI=1S/C19H18F3N5O4/c20-19(21,22)10-31-18-26-16(23-9-11-1-7-14(28)8-2-11)25-17(27-18)24-13-5-3-12(4-6-13)15(29)30/h1-8,18,28H,9-10H2,(H,29,30)(H3,23,24,25,26,27). The van der Waals surface area contributed by atoms with Crippen molar-refractivity contribution in [1.29, 1.82) is 0 Å². The highest BCUT2D eigenvalue weighted by Crippen LogP contribution is 2.16. The number of ether oxygens (including phenoxy) is 1. The van der Waals surface area contributed by atoms with Gasteiger partial charge in [0, 0.05) is 5.69 Å². The molecule has 12 heteroatoms. The Kier molecular flexibility index (Phi) is 6.60. The van der Waals surface area contributed by atoms with Crippen molar-refractivity contribution in [2.75, 3.05) is 11.9 Å². The van der Waals surface area contributed by atoms with Gasteiger partial charge in [-0.15, -0.1) is 0 Å². The van der Waals surface area contributed by atoms with Gasteiger partial charge in [-0.05, 0) is 42.0 Å². The number of hydrogen-bond acceptors (Lipinski definition) is 6. The third-order valence-electron chi connectivity index (χ3n) is 3.90. The Hall–Kier alpha value is -3.80. The van der Waals surface area contributed by atoms with Gasteiger partial charge in [-0.25, -0.2) is 9.79 Å². The number of halogens is 3. The Morgan fingerprint density at radius 3 is 2.45 bits per heavy atom. The first-order chi connectivity index (χ1) is 14.7. The second-order valence-corrected chi connectivity index (χ2v) is 6.36. The van der Waals surface area contributed by atoms with Gasteiger partial charge in [0.1, 0.15) is 12.4 Å². The molecule has 31 heavy (non-hydrogen) atoms. The summed E-state index contributed by atoms with van der Waals surface area (Å²) in [5.41, 5.74) is 1.28. The number of benzene rings is 2. The lowest BCUT2D eigenvalue weighted by molar-refractivity contribution is -0.186. The molecule has 9 nitrogen and oxygen atoms in total. The number of hydrogen-bond donors (Lipinski definition) is 5. The third-order valence-corrected chi connectivity index (χ3v) is 3.90. The molecule has 2 aromatic carbocycles. The summed E-state index contributed by atoms with van der Waals surface area (Å²) >= 11 is 0. The number of carbonyl (C=O) groups is 1. The molecule has 0 amide bonds. The molecule has 0 bridgehead atoms. The maximum Gasteiger partial charge on any atom is 0.411 e. The molecular formula is C19H18F3N5O4. The van der Waals surface area contributed by atoms with E-state index in [0.717, 1.165) is 5.56 Å². The third kappa shape index (κ3) is 6.89.